The van der Waals surface area contributed by atoms with E-state index in [0.717, 1.165) is 28.1 Å². The van der Waals surface area contributed by atoms with Crippen molar-refractivity contribution in [3.05, 3.63) is 222 Å². The molecule has 0 N–H and O–H groups in total. The molecule has 12 rings (SSSR count). The molecule has 1 heterocycles. The van der Waals surface area contributed by atoms with Crippen molar-refractivity contribution in [3.8, 4) is 55.9 Å². The fraction of sp³-hybridized carbons (Fsp3) is 0.0185. The van der Waals surface area contributed by atoms with Crippen molar-refractivity contribution < 1.29 is 0 Å². The summed E-state index contributed by atoms with van der Waals surface area (Å²) in [5.74, 6) is 0. The third-order valence-electron chi connectivity index (χ3n) is 12.2. The summed E-state index contributed by atoms with van der Waals surface area (Å²) < 4.78 is 0. The summed E-state index contributed by atoms with van der Waals surface area (Å²) in [5.41, 5.74) is 16.5. The van der Waals surface area contributed by atoms with Crippen LogP contribution in [0.5, 0.6) is 0 Å². The van der Waals surface area contributed by atoms with Crippen LogP contribution in [0.1, 0.15) is 22.3 Å². The number of nitrogens with zero attached hydrogens (tertiary/aromatic N) is 1. The Morgan fingerprint density at radius 2 is 0.745 bits per heavy atom. The van der Waals surface area contributed by atoms with Gasteiger partial charge in [-0.3, -0.25) is 0 Å². The van der Waals surface area contributed by atoms with E-state index in [1.807, 2.05) is 0 Å². The predicted octanol–water partition coefficient (Wildman–Crippen LogP) is 13.9. The Labute approximate surface area is 319 Å². The number of aromatic nitrogens is 1. The summed E-state index contributed by atoms with van der Waals surface area (Å²) in [4.78, 5) is 5.53. The molecular formula is C54H33N. The second-order valence-electron chi connectivity index (χ2n) is 15.0. The minimum Gasteiger partial charge on any atom is -0.248 e. The van der Waals surface area contributed by atoms with Crippen LogP contribution >= 0.6 is 0 Å². The SMILES string of the molecule is c1ccc(-c2cc(-c3ccccc3)nc(-c3cccc4c3C3(c5ccccc5-c5cc6c7ccccc7c7ccccc7c6cc53)c3ccccc3-4)c2)cc1. The van der Waals surface area contributed by atoms with Crippen LogP contribution in [0.4, 0.5) is 0 Å². The van der Waals surface area contributed by atoms with Crippen LogP contribution in [-0.4, -0.2) is 4.98 Å². The quantitative estimate of drug-likeness (QED) is 0.168. The Bertz CT molecular complexity index is 3140. The van der Waals surface area contributed by atoms with E-state index in [-0.39, 0.29) is 0 Å². The molecule has 55 heavy (non-hydrogen) atoms. The number of hydrogen-bond acceptors (Lipinski definition) is 1. The standard InChI is InChI=1S/C54H33N/c1-3-16-34(17-4-1)36-30-51(35-18-5-2-6-19-35)55-52(31-36)44-27-15-26-43-41-24-11-13-28-48(41)54(53(43)44)49-29-14-12-25-42(49)47-32-45-39-22-9-7-20-37(39)38-21-8-10-23-40(38)46(45)33-50(47)54/h1-33H. The summed E-state index contributed by atoms with van der Waals surface area (Å²) in [6.07, 6.45) is 0. The molecule has 10 aromatic rings. The maximum absolute atomic E-state index is 5.53. The molecular weight excluding hydrogens is 663 g/mol. The second-order valence-corrected chi connectivity index (χ2v) is 15.0. The number of pyridine rings is 1. The van der Waals surface area contributed by atoms with Gasteiger partial charge in [-0.2, -0.15) is 0 Å². The molecule has 9 aromatic carbocycles. The normalized spacial score (nSPS) is 15.0. The molecule has 0 aliphatic heterocycles. The van der Waals surface area contributed by atoms with Crippen molar-refractivity contribution in [2.45, 2.75) is 5.41 Å². The van der Waals surface area contributed by atoms with E-state index in [0.29, 0.717) is 0 Å². The summed E-state index contributed by atoms with van der Waals surface area (Å²) in [6.45, 7) is 0. The number of benzene rings is 9. The Morgan fingerprint density at radius 3 is 1.40 bits per heavy atom. The first-order valence-electron chi connectivity index (χ1n) is 19.1. The van der Waals surface area contributed by atoms with Crippen LogP contribution in [0.3, 0.4) is 0 Å². The number of rotatable bonds is 3. The van der Waals surface area contributed by atoms with Crippen LogP contribution in [0, 0.1) is 0 Å². The number of fused-ring (bicyclic) bond motifs is 16. The van der Waals surface area contributed by atoms with E-state index in [1.54, 1.807) is 0 Å². The molecule has 2 aliphatic carbocycles. The van der Waals surface area contributed by atoms with Crippen molar-refractivity contribution in [3.63, 3.8) is 0 Å². The first-order valence-corrected chi connectivity index (χ1v) is 19.1. The van der Waals surface area contributed by atoms with Crippen molar-refractivity contribution in [2.75, 3.05) is 0 Å². The molecule has 1 heteroatoms. The van der Waals surface area contributed by atoms with Gasteiger partial charge in [-0.05, 0) is 112 Å². The monoisotopic (exact) mass is 695 g/mol. The van der Waals surface area contributed by atoms with E-state index < -0.39 is 5.41 Å². The summed E-state index contributed by atoms with van der Waals surface area (Å²) >= 11 is 0. The molecule has 2 aliphatic rings. The molecule has 1 spiro atoms. The second kappa shape index (κ2) is 11.5. The summed E-state index contributed by atoms with van der Waals surface area (Å²) in [7, 11) is 0. The minimum atomic E-state index is -0.549. The molecule has 0 amide bonds. The van der Waals surface area contributed by atoms with Crippen LogP contribution in [0.15, 0.2) is 200 Å². The highest BCUT2D eigenvalue weighted by molar-refractivity contribution is 6.26. The summed E-state index contributed by atoms with van der Waals surface area (Å²) in [5, 5.41) is 7.75. The Balaban J connectivity index is 1.23. The predicted molar refractivity (Wildman–Crippen MR) is 229 cm³/mol. The van der Waals surface area contributed by atoms with Gasteiger partial charge in [0.25, 0.3) is 0 Å². The third kappa shape index (κ3) is 4.15. The molecule has 1 aromatic heterocycles. The molecule has 1 nitrogen and oxygen atoms in total. The van der Waals surface area contributed by atoms with Crippen LogP contribution in [-0.2, 0) is 5.41 Å². The Hall–Kier alpha value is -7.09. The van der Waals surface area contributed by atoms with Gasteiger partial charge in [0.1, 0.15) is 0 Å². The zero-order valence-corrected chi connectivity index (χ0v) is 30.0. The molecule has 254 valence electrons. The van der Waals surface area contributed by atoms with Gasteiger partial charge >= 0.3 is 0 Å². The van der Waals surface area contributed by atoms with Gasteiger partial charge in [0, 0.05) is 11.1 Å². The maximum atomic E-state index is 5.53. The average molecular weight is 696 g/mol. The molecule has 0 saturated carbocycles. The van der Waals surface area contributed by atoms with Crippen LogP contribution < -0.4 is 0 Å². The van der Waals surface area contributed by atoms with E-state index in [4.69, 9.17) is 4.98 Å². The lowest BCUT2D eigenvalue weighted by Crippen LogP contribution is -2.26. The molecule has 1 atom stereocenters. The zero-order chi connectivity index (χ0) is 36.1. The van der Waals surface area contributed by atoms with Gasteiger partial charge < -0.3 is 0 Å². The van der Waals surface area contributed by atoms with Gasteiger partial charge in [-0.1, -0.05) is 176 Å². The smallest absolute Gasteiger partial charge is 0.0732 e. The van der Waals surface area contributed by atoms with Gasteiger partial charge in [-0.25, -0.2) is 4.98 Å². The Morgan fingerprint density at radius 1 is 0.273 bits per heavy atom. The fourth-order valence-electron chi connectivity index (χ4n) is 10.0. The van der Waals surface area contributed by atoms with E-state index >= 15 is 0 Å². The van der Waals surface area contributed by atoms with Crippen LogP contribution in [0.2, 0.25) is 0 Å². The van der Waals surface area contributed by atoms with E-state index in [2.05, 4.69) is 200 Å². The average Bonchev–Trinajstić information content (AvgIpc) is 3.73. The highest BCUT2D eigenvalue weighted by atomic mass is 14.7. The van der Waals surface area contributed by atoms with E-state index in [1.165, 1.54) is 82.4 Å². The van der Waals surface area contributed by atoms with Gasteiger partial charge in [0.2, 0.25) is 0 Å². The first-order chi connectivity index (χ1) is 27.3. The largest absolute Gasteiger partial charge is 0.248 e. The molecule has 0 fully saturated rings. The zero-order valence-electron chi connectivity index (χ0n) is 30.0. The Kier molecular flexibility index (Phi) is 6.33. The first kappa shape index (κ1) is 30.4. The maximum Gasteiger partial charge on any atom is 0.0732 e. The van der Waals surface area contributed by atoms with Crippen molar-refractivity contribution in [1.29, 1.82) is 0 Å². The van der Waals surface area contributed by atoms with Crippen molar-refractivity contribution in [1.82, 2.24) is 4.98 Å². The molecule has 0 bridgehead atoms. The van der Waals surface area contributed by atoms with Gasteiger partial charge in [0.15, 0.2) is 0 Å². The highest BCUT2D eigenvalue weighted by Gasteiger charge is 2.53. The number of hydrogen-bond donors (Lipinski definition) is 0. The lowest BCUT2D eigenvalue weighted by atomic mass is 9.68. The lowest BCUT2D eigenvalue weighted by molar-refractivity contribution is 0.796. The topological polar surface area (TPSA) is 12.9 Å². The summed E-state index contributed by atoms with van der Waals surface area (Å²) in [6, 6.07) is 73.8. The molecule has 1 unspecified atom stereocenters. The lowest BCUT2D eigenvalue weighted by Gasteiger charge is -2.32. The van der Waals surface area contributed by atoms with Crippen LogP contribution in [0.25, 0.3) is 88.2 Å². The minimum absolute atomic E-state index is 0.549. The van der Waals surface area contributed by atoms with Gasteiger partial charge in [0.05, 0.1) is 16.8 Å². The molecule has 0 radical (unpaired) electrons. The van der Waals surface area contributed by atoms with Crippen molar-refractivity contribution in [2.24, 2.45) is 0 Å². The van der Waals surface area contributed by atoms with Gasteiger partial charge in [-0.15, -0.1) is 0 Å². The van der Waals surface area contributed by atoms with Crippen molar-refractivity contribution >= 4 is 32.3 Å². The highest BCUT2D eigenvalue weighted by Crippen LogP contribution is 2.65. The third-order valence-corrected chi connectivity index (χ3v) is 12.2. The molecule has 0 saturated heterocycles. The fourth-order valence-corrected chi connectivity index (χ4v) is 10.0. The van der Waals surface area contributed by atoms with E-state index in [9.17, 15) is 0 Å².